The van der Waals surface area contributed by atoms with Crippen molar-refractivity contribution in [1.82, 2.24) is 29.7 Å². The van der Waals surface area contributed by atoms with Crippen LogP contribution in [0.3, 0.4) is 0 Å². The molecule has 1 unspecified atom stereocenters. The molecule has 0 aliphatic carbocycles. The van der Waals surface area contributed by atoms with Gasteiger partial charge in [0.15, 0.2) is 5.01 Å². The van der Waals surface area contributed by atoms with Gasteiger partial charge in [-0.3, -0.25) is 4.98 Å². The number of ether oxygens (including phenoxy) is 1. The maximum absolute atomic E-state index is 12.8. The molecule has 12 nitrogen and oxygen atoms in total. The second-order valence-electron chi connectivity index (χ2n) is 12.5. The van der Waals surface area contributed by atoms with E-state index in [-0.39, 0.29) is 12.1 Å². The van der Waals surface area contributed by atoms with Gasteiger partial charge in [0.25, 0.3) is 0 Å². The van der Waals surface area contributed by atoms with Gasteiger partial charge in [-0.25, -0.2) is 9.31 Å². The highest BCUT2D eigenvalue weighted by Crippen LogP contribution is 2.37. The molecule has 5 rings (SSSR count). The third-order valence-electron chi connectivity index (χ3n) is 7.31. The van der Waals surface area contributed by atoms with E-state index >= 15 is 0 Å². The first kappa shape index (κ1) is 30.7. The minimum atomic E-state index is -0.869. The third kappa shape index (κ3) is 6.74. The smallest absolute Gasteiger partial charge is 0.410 e. The Hall–Kier alpha value is -4.75. The molecule has 0 spiro atoms. The fraction of sp³-hybridized carbons (Fsp3) is 0.452. The molecule has 0 bridgehead atoms. The molecule has 4 aromatic heterocycles. The number of rotatable bonds is 6. The number of carbonyl (C=O) groups is 1. The summed E-state index contributed by atoms with van der Waals surface area (Å²) in [6.45, 7) is 10.6. The maximum Gasteiger partial charge on any atom is 0.410 e. The third-order valence-corrected chi connectivity index (χ3v) is 8.33. The van der Waals surface area contributed by atoms with E-state index in [4.69, 9.17) is 9.72 Å². The Balaban J connectivity index is 1.45. The Labute approximate surface area is 260 Å². The molecule has 1 saturated heterocycles. The number of carbonyl (C=O) groups excluding carboxylic acids is 1. The summed E-state index contributed by atoms with van der Waals surface area (Å²) in [6, 6.07) is 11.8. The molecule has 13 heteroatoms. The Kier molecular flexibility index (Phi) is 8.44. The molecule has 5 heterocycles. The molecular formula is C31H36N10O2S. The standard InChI is InChI=1S/C31H36N10O2S/c1-30(2,3)43-29(42)39(6)22-9-7-8-12-40(18-22)28-38-37-27(44-28)23-17-34-25(14-24(23)36-31(4,5)19-33)26-11-10-21-13-20(15-32)16-35-41(21)26/h10-11,13-14,16-17,22H,7-9,12,18H2,1-6H3,(H,34,36). The summed E-state index contributed by atoms with van der Waals surface area (Å²) in [4.78, 5) is 21.4. The lowest BCUT2D eigenvalue weighted by atomic mass is 10.1. The Bertz CT molecular complexity index is 1760. The van der Waals surface area contributed by atoms with Crippen molar-refractivity contribution >= 4 is 33.8 Å². The highest BCUT2D eigenvalue weighted by atomic mass is 32.1. The molecular weight excluding hydrogens is 576 g/mol. The zero-order valence-corrected chi connectivity index (χ0v) is 26.6. The SMILES string of the molecule is CN(C(=O)OC(C)(C)C)C1CCCCN(c2nnc(-c3cnc(-c4ccc5cc(C#N)cnn45)cc3NC(C)(C)C#N)s2)C1. The number of hydrogen-bond acceptors (Lipinski definition) is 11. The quantitative estimate of drug-likeness (QED) is 0.286. The van der Waals surface area contributed by atoms with E-state index in [1.807, 2.05) is 39.0 Å². The topological polar surface area (TPSA) is 148 Å². The van der Waals surface area contributed by atoms with Crippen LogP contribution in [0.15, 0.2) is 36.7 Å². The minimum absolute atomic E-state index is 0.0241. The molecule has 1 aliphatic heterocycles. The van der Waals surface area contributed by atoms with E-state index in [1.165, 1.54) is 17.5 Å². The van der Waals surface area contributed by atoms with Gasteiger partial charge in [-0.05, 0) is 78.1 Å². The number of aromatic nitrogens is 5. The zero-order chi connectivity index (χ0) is 31.6. The minimum Gasteiger partial charge on any atom is -0.444 e. The molecule has 1 fully saturated rings. The van der Waals surface area contributed by atoms with Crippen LogP contribution < -0.4 is 10.2 Å². The fourth-order valence-electron chi connectivity index (χ4n) is 5.03. The molecule has 0 radical (unpaired) electrons. The number of likely N-dealkylation sites (N-methyl/N-ethyl adjacent to an activating group) is 1. The predicted octanol–water partition coefficient (Wildman–Crippen LogP) is 5.73. The summed E-state index contributed by atoms with van der Waals surface area (Å²) >= 11 is 1.45. The van der Waals surface area contributed by atoms with Crippen molar-refractivity contribution in [3.63, 3.8) is 0 Å². The van der Waals surface area contributed by atoms with Crippen LogP contribution >= 0.6 is 11.3 Å². The normalized spacial score (nSPS) is 15.7. The van der Waals surface area contributed by atoms with Gasteiger partial charge in [0.1, 0.15) is 17.2 Å². The van der Waals surface area contributed by atoms with Crippen LogP contribution in [-0.2, 0) is 4.74 Å². The first-order chi connectivity index (χ1) is 20.9. The van der Waals surface area contributed by atoms with Crippen LogP contribution in [0.25, 0.3) is 27.5 Å². The second-order valence-corrected chi connectivity index (χ2v) is 13.4. The van der Waals surface area contributed by atoms with Crippen molar-refractivity contribution < 1.29 is 9.53 Å². The van der Waals surface area contributed by atoms with Crippen LogP contribution in [0.2, 0.25) is 0 Å². The van der Waals surface area contributed by atoms with Gasteiger partial charge in [-0.1, -0.05) is 11.3 Å². The number of pyridine rings is 1. The van der Waals surface area contributed by atoms with Gasteiger partial charge in [0, 0.05) is 32.0 Å². The van der Waals surface area contributed by atoms with E-state index < -0.39 is 11.1 Å². The van der Waals surface area contributed by atoms with Crippen LogP contribution in [0.4, 0.5) is 15.6 Å². The lowest BCUT2D eigenvalue weighted by Gasteiger charge is -2.32. The molecule has 0 saturated carbocycles. The van der Waals surface area contributed by atoms with Gasteiger partial charge >= 0.3 is 6.09 Å². The van der Waals surface area contributed by atoms with Crippen molar-refractivity contribution in [3.05, 3.63) is 42.2 Å². The first-order valence-corrected chi connectivity index (χ1v) is 15.3. The molecule has 228 valence electrons. The monoisotopic (exact) mass is 612 g/mol. The zero-order valence-electron chi connectivity index (χ0n) is 25.8. The van der Waals surface area contributed by atoms with Crippen molar-refractivity contribution in [2.75, 3.05) is 30.4 Å². The fourth-order valence-corrected chi connectivity index (χ4v) is 5.94. The molecule has 1 N–H and O–H groups in total. The summed E-state index contributed by atoms with van der Waals surface area (Å²) in [5.74, 6) is 0. The Morgan fingerprint density at radius 3 is 2.66 bits per heavy atom. The molecule has 4 aromatic rings. The van der Waals surface area contributed by atoms with Gasteiger partial charge in [0.05, 0.1) is 46.3 Å². The van der Waals surface area contributed by atoms with Crippen LogP contribution in [0.1, 0.15) is 59.4 Å². The number of nitrogens with zero attached hydrogens (tertiary/aromatic N) is 9. The molecule has 1 amide bonds. The molecule has 1 atom stereocenters. The summed E-state index contributed by atoms with van der Waals surface area (Å²) < 4.78 is 7.35. The van der Waals surface area contributed by atoms with Gasteiger partial charge in [-0.2, -0.15) is 15.6 Å². The van der Waals surface area contributed by atoms with Crippen LogP contribution in [0.5, 0.6) is 0 Å². The highest BCUT2D eigenvalue weighted by molar-refractivity contribution is 7.18. The largest absolute Gasteiger partial charge is 0.444 e. The van der Waals surface area contributed by atoms with Gasteiger partial charge < -0.3 is 19.9 Å². The molecule has 1 aliphatic rings. The lowest BCUT2D eigenvalue weighted by molar-refractivity contribution is 0.0222. The van der Waals surface area contributed by atoms with E-state index in [9.17, 15) is 15.3 Å². The number of hydrogen-bond donors (Lipinski definition) is 1. The summed E-state index contributed by atoms with van der Waals surface area (Å²) in [6.07, 6.45) is 5.76. The van der Waals surface area contributed by atoms with E-state index in [1.54, 1.807) is 42.6 Å². The second kappa shape index (κ2) is 12.1. The summed E-state index contributed by atoms with van der Waals surface area (Å²) in [7, 11) is 1.79. The first-order valence-electron chi connectivity index (χ1n) is 14.5. The van der Waals surface area contributed by atoms with Crippen molar-refractivity contribution in [2.24, 2.45) is 0 Å². The number of amides is 1. The average Bonchev–Trinajstić information content (AvgIpc) is 3.56. The van der Waals surface area contributed by atoms with E-state index in [2.05, 4.69) is 37.7 Å². The summed E-state index contributed by atoms with van der Waals surface area (Å²) in [5, 5.41) is 37.3. The number of fused-ring (bicyclic) bond motifs is 1. The van der Waals surface area contributed by atoms with Crippen LogP contribution in [-0.4, -0.2) is 73.1 Å². The van der Waals surface area contributed by atoms with Gasteiger partial charge in [0.2, 0.25) is 5.13 Å². The Morgan fingerprint density at radius 2 is 1.93 bits per heavy atom. The average molecular weight is 613 g/mol. The molecule has 44 heavy (non-hydrogen) atoms. The van der Waals surface area contributed by atoms with E-state index in [0.717, 1.165) is 47.7 Å². The van der Waals surface area contributed by atoms with Crippen LogP contribution in [0, 0.1) is 22.7 Å². The number of anilines is 2. The van der Waals surface area contributed by atoms with Crippen molar-refractivity contribution in [1.29, 1.82) is 10.5 Å². The maximum atomic E-state index is 12.8. The van der Waals surface area contributed by atoms with Crippen molar-refractivity contribution in [2.45, 2.75) is 71.1 Å². The lowest BCUT2D eigenvalue weighted by Crippen LogP contribution is -2.45. The predicted molar refractivity (Wildman–Crippen MR) is 169 cm³/mol. The van der Waals surface area contributed by atoms with Crippen molar-refractivity contribution in [3.8, 4) is 34.1 Å². The molecule has 0 aromatic carbocycles. The highest BCUT2D eigenvalue weighted by Gasteiger charge is 2.30. The van der Waals surface area contributed by atoms with E-state index in [0.29, 0.717) is 28.5 Å². The van der Waals surface area contributed by atoms with Gasteiger partial charge in [-0.15, -0.1) is 10.2 Å². The number of nitrogens with one attached hydrogen (secondary N) is 1. The summed E-state index contributed by atoms with van der Waals surface area (Å²) in [5.41, 5.74) is 2.62. The number of nitriles is 2. The Morgan fingerprint density at radius 1 is 1.14 bits per heavy atom.